The van der Waals surface area contributed by atoms with Crippen molar-refractivity contribution in [3.8, 4) is 0 Å². The SMILES string of the molecule is CC(CC(N)=O)NCc1ccc(Cl)c(Br)c1. The number of carbonyl (C=O) groups excluding carboxylic acids is 1. The average molecular weight is 306 g/mol. The van der Waals surface area contributed by atoms with E-state index in [-0.39, 0.29) is 11.9 Å². The first-order valence-electron chi connectivity index (χ1n) is 4.94. The molecular weight excluding hydrogens is 291 g/mol. The van der Waals surface area contributed by atoms with Gasteiger partial charge < -0.3 is 11.1 Å². The number of carbonyl (C=O) groups is 1. The number of benzene rings is 1. The molecule has 0 aliphatic heterocycles. The minimum Gasteiger partial charge on any atom is -0.370 e. The standard InChI is InChI=1S/C11H14BrClN2O/c1-7(4-11(14)16)15-6-8-2-3-10(13)9(12)5-8/h2-3,5,7,15H,4,6H2,1H3,(H2,14,16). The molecule has 1 amide bonds. The van der Waals surface area contributed by atoms with Gasteiger partial charge in [-0.1, -0.05) is 17.7 Å². The number of hydrogen-bond acceptors (Lipinski definition) is 2. The monoisotopic (exact) mass is 304 g/mol. The molecule has 5 heteroatoms. The Bertz CT molecular complexity index is 384. The van der Waals surface area contributed by atoms with Gasteiger partial charge in [0.15, 0.2) is 0 Å². The first-order chi connectivity index (χ1) is 7.49. The molecule has 0 heterocycles. The second-order valence-corrected chi connectivity index (χ2v) is 4.96. The average Bonchev–Trinajstić information content (AvgIpc) is 2.19. The Morgan fingerprint density at radius 3 is 2.88 bits per heavy atom. The maximum atomic E-state index is 10.7. The molecule has 1 aromatic carbocycles. The number of amides is 1. The lowest BCUT2D eigenvalue weighted by molar-refractivity contribution is -0.118. The van der Waals surface area contributed by atoms with Crippen molar-refractivity contribution in [1.82, 2.24) is 5.32 Å². The summed E-state index contributed by atoms with van der Waals surface area (Å²) in [6.07, 6.45) is 0.342. The van der Waals surface area contributed by atoms with Crippen LogP contribution in [0.1, 0.15) is 18.9 Å². The van der Waals surface area contributed by atoms with Crippen LogP contribution in [-0.2, 0) is 11.3 Å². The van der Waals surface area contributed by atoms with E-state index in [2.05, 4.69) is 21.2 Å². The fourth-order valence-electron chi connectivity index (χ4n) is 1.32. The van der Waals surface area contributed by atoms with Crippen molar-refractivity contribution in [2.45, 2.75) is 25.9 Å². The second kappa shape index (κ2) is 6.23. The van der Waals surface area contributed by atoms with Gasteiger partial charge in [0.25, 0.3) is 0 Å². The van der Waals surface area contributed by atoms with E-state index in [4.69, 9.17) is 17.3 Å². The van der Waals surface area contributed by atoms with Gasteiger partial charge in [-0.15, -0.1) is 0 Å². The maximum absolute atomic E-state index is 10.7. The zero-order valence-corrected chi connectivity index (χ0v) is 11.3. The summed E-state index contributed by atoms with van der Waals surface area (Å²) in [5.74, 6) is -0.294. The molecule has 0 aliphatic carbocycles. The van der Waals surface area contributed by atoms with Crippen LogP contribution in [0.2, 0.25) is 5.02 Å². The van der Waals surface area contributed by atoms with Gasteiger partial charge in [-0.05, 0) is 40.5 Å². The topological polar surface area (TPSA) is 55.1 Å². The molecule has 0 radical (unpaired) electrons. The Kier molecular flexibility index (Phi) is 5.25. The van der Waals surface area contributed by atoms with Gasteiger partial charge in [0.05, 0.1) is 5.02 Å². The predicted molar refractivity (Wildman–Crippen MR) is 69.3 cm³/mol. The summed E-state index contributed by atoms with van der Waals surface area (Å²) in [6, 6.07) is 5.80. The number of rotatable bonds is 5. The quantitative estimate of drug-likeness (QED) is 0.878. The van der Waals surface area contributed by atoms with Crippen molar-refractivity contribution in [2.24, 2.45) is 5.73 Å². The van der Waals surface area contributed by atoms with Crippen LogP contribution in [0.15, 0.2) is 22.7 Å². The minimum atomic E-state index is -0.294. The van der Waals surface area contributed by atoms with Crippen molar-refractivity contribution >= 4 is 33.4 Å². The van der Waals surface area contributed by atoms with Gasteiger partial charge in [-0.3, -0.25) is 4.79 Å². The molecule has 3 N–H and O–H groups in total. The first-order valence-corrected chi connectivity index (χ1v) is 6.11. The number of hydrogen-bond donors (Lipinski definition) is 2. The van der Waals surface area contributed by atoms with Crippen molar-refractivity contribution < 1.29 is 4.79 Å². The summed E-state index contributed by atoms with van der Waals surface area (Å²) in [7, 11) is 0. The van der Waals surface area contributed by atoms with E-state index in [1.54, 1.807) is 0 Å². The van der Waals surface area contributed by atoms with Crippen LogP contribution in [0.25, 0.3) is 0 Å². The van der Waals surface area contributed by atoms with Crippen LogP contribution in [-0.4, -0.2) is 11.9 Å². The highest BCUT2D eigenvalue weighted by Crippen LogP contribution is 2.23. The molecule has 0 saturated heterocycles. The maximum Gasteiger partial charge on any atom is 0.218 e. The Hall–Kier alpha value is -0.580. The highest BCUT2D eigenvalue weighted by atomic mass is 79.9. The summed E-state index contributed by atoms with van der Waals surface area (Å²) < 4.78 is 0.871. The fraction of sp³-hybridized carbons (Fsp3) is 0.364. The summed E-state index contributed by atoms with van der Waals surface area (Å²) in [6.45, 7) is 2.61. The summed E-state index contributed by atoms with van der Waals surface area (Å²) in [5.41, 5.74) is 6.21. The van der Waals surface area contributed by atoms with E-state index in [1.807, 2.05) is 25.1 Å². The normalized spacial score (nSPS) is 12.4. The number of nitrogens with two attached hydrogens (primary N) is 1. The smallest absolute Gasteiger partial charge is 0.218 e. The summed E-state index contributed by atoms with van der Waals surface area (Å²) >= 11 is 9.24. The molecule has 0 aliphatic rings. The van der Waals surface area contributed by atoms with Gasteiger partial charge in [-0.2, -0.15) is 0 Å². The highest BCUT2D eigenvalue weighted by Gasteiger charge is 2.05. The molecule has 1 rings (SSSR count). The molecule has 0 bridgehead atoms. The van der Waals surface area contributed by atoms with Crippen LogP contribution in [0.4, 0.5) is 0 Å². The number of primary amides is 1. The van der Waals surface area contributed by atoms with Crippen molar-refractivity contribution in [3.05, 3.63) is 33.3 Å². The van der Waals surface area contributed by atoms with Crippen molar-refractivity contribution in [2.75, 3.05) is 0 Å². The lowest BCUT2D eigenvalue weighted by Crippen LogP contribution is -2.30. The van der Waals surface area contributed by atoms with E-state index >= 15 is 0 Å². The van der Waals surface area contributed by atoms with Gasteiger partial charge >= 0.3 is 0 Å². The lowest BCUT2D eigenvalue weighted by atomic mass is 10.2. The van der Waals surface area contributed by atoms with Crippen LogP contribution in [0.5, 0.6) is 0 Å². The zero-order chi connectivity index (χ0) is 12.1. The van der Waals surface area contributed by atoms with E-state index in [9.17, 15) is 4.79 Å². The van der Waals surface area contributed by atoms with E-state index in [0.717, 1.165) is 10.0 Å². The lowest BCUT2D eigenvalue weighted by Gasteiger charge is -2.12. The van der Waals surface area contributed by atoms with Gasteiger partial charge in [0.1, 0.15) is 0 Å². The Balaban J connectivity index is 2.48. The third-order valence-corrected chi connectivity index (χ3v) is 3.36. The van der Waals surface area contributed by atoms with Crippen LogP contribution in [0.3, 0.4) is 0 Å². The molecule has 0 aromatic heterocycles. The molecular formula is C11H14BrClN2O. The van der Waals surface area contributed by atoms with Crippen molar-refractivity contribution in [1.29, 1.82) is 0 Å². The van der Waals surface area contributed by atoms with Crippen LogP contribution in [0, 0.1) is 0 Å². The van der Waals surface area contributed by atoms with Crippen LogP contribution >= 0.6 is 27.5 Å². The molecule has 0 fully saturated rings. The van der Waals surface area contributed by atoms with E-state index in [1.165, 1.54) is 0 Å². The second-order valence-electron chi connectivity index (χ2n) is 3.70. The third kappa shape index (κ3) is 4.51. The molecule has 0 spiro atoms. The fourth-order valence-corrected chi connectivity index (χ4v) is 1.86. The largest absolute Gasteiger partial charge is 0.370 e. The predicted octanol–water partition coefficient (Wildman–Crippen LogP) is 2.46. The van der Waals surface area contributed by atoms with Gasteiger partial charge in [0.2, 0.25) is 5.91 Å². The van der Waals surface area contributed by atoms with Gasteiger partial charge in [0, 0.05) is 23.5 Å². The molecule has 16 heavy (non-hydrogen) atoms. The van der Waals surface area contributed by atoms with Crippen molar-refractivity contribution in [3.63, 3.8) is 0 Å². The molecule has 3 nitrogen and oxygen atoms in total. The van der Waals surface area contributed by atoms with E-state index in [0.29, 0.717) is 18.0 Å². The van der Waals surface area contributed by atoms with Crippen LogP contribution < -0.4 is 11.1 Å². The molecule has 1 unspecified atom stereocenters. The third-order valence-electron chi connectivity index (χ3n) is 2.15. The molecule has 88 valence electrons. The zero-order valence-electron chi connectivity index (χ0n) is 8.97. The van der Waals surface area contributed by atoms with Gasteiger partial charge in [-0.25, -0.2) is 0 Å². The Morgan fingerprint density at radius 2 is 2.31 bits per heavy atom. The molecule has 1 aromatic rings. The minimum absolute atomic E-state index is 0.0759. The number of nitrogens with one attached hydrogen (secondary N) is 1. The number of halogens is 2. The molecule has 1 atom stereocenters. The Labute approximate surface area is 108 Å². The summed E-state index contributed by atoms with van der Waals surface area (Å²) in [4.78, 5) is 10.7. The summed E-state index contributed by atoms with van der Waals surface area (Å²) in [5, 5.41) is 3.90. The van der Waals surface area contributed by atoms with E-state index < -0.39 is 0 Å². The Morgan fingerprint density at radius 1 is 1.62 bits per heavy atom. The first kappa shape index (κ1) is 13.5. The highest BCUT2D eigenvalue weighted by molar-refractivity contribution is 9.10. The molecule has 0 saturated carbocycles.